The zero-order chi connectivity index (χ0) is 18.1. The Balaban J connectivity index is 1.84. The molecule has 2 atom stereocenters. The summed E-state index contributed by atoms with van der Waals surface area (Å²) < 4.78 is 1.91. The first-order valence-electron chi connectivity index (χ1n) is 8.76. The Morgan fingerprint density at radius 1 is 1.15 bits per heavy atom. The van der Waals surface area contributed by atoms with Crippen molar-refractivity contribution in [1.82, 2.24) is 9.78 Å². The third-order valence-electron chi connectivity index (χ3n) is 4.83. The Hall–Kier alpha value is -2.04. The van der Waals surface area contributed by atoms with E-state index >= 15 is 0 Å². The third-order valence-corrected chi connectivity index (χ3v) is 6.40. The van der Waals surface area contributed by atoms with Gasteiger partial charge in [-0.1, -0.05) is 67.0 Å². The fraction of sp³-hybridized carbons (Fsp3) is 0.238. The molecule has 1 aliphatic rings. The van der Waals surface area contributed by atoms with E-state index in [0.717, 1.165) is 28.9 Å². The van der Waals surface area contributed by atoms with E-state index in [1.165, 1.54) is 11.8 Å². The van der Waals surface area contributed by atoms with Crippen LogP contribution in [0.25, 0.3) is 16.9 Å². The van der Waals surface area contributed by atoms with E-state index in [9.17, 15) is 4.79 Å². The van der Waals surface area contributed by atoms with Gasteiger partial charge in [-0.2, -0.15) is 5.10 Å². The van der Waals surface area contributed by atoms with Crippen molar-refractivity contribution in [3.8, 4) is 16.9 Å². The summed E-state index contributed by atoms with van der Waals surface area (Å²) >= 11 is 7.51. The Bertz CT molecular complexity index is 921. The SMILES string of the molecule is CCC1CC(=O)SC1c1cn(-c2ccccc2)nc1-c1ccc(Cl)cc1. The quantitative estimate of drug-likeness (QED) is 0.561. The van der Waals surface area contributed by atoms with Gasteiger partial charge in [0.15, 0.2) is 5.12 Å². The van der Waals surface area contributed by atoms with Crippen LogP contribution >= 0.6 is 23.4 Å². The first kappa shape index (κ1) is 17.4. The molecule has 0 aliphatic carbocycles. The van der Waals surface area contributed by atoms with E-state index in [0.29, 0.717) is 17.4 Å². The molecule has 26 heavy (non-hydrogen) atoms. The van der Waals surface area contributed by atoms with Gasteiger partial charge in [0.1, 0.15) is 0 Å². The highest BCUT2D eigenvalue weighted by Crippen LogP contribution is 2.49. The van der Waals surface area contributed by atoms with Crippen molar-refractivity contribution in [2.75, 3.05) is 0 Å². The molecule has 3 aromatic rings. The average Bonchev–Trinajstić information content (AvgIpc) is 3.26. The van der Waals surface area contributed by atoms with Crippen LogP contribution in [0, 0.1) is 5.92 Å². The lowest BCUT2D eigenvalue weighted by Gasteiger charge is -2.16. The minimum atomic E-state index is 0.149. The van der Waals surface area contributed by atoms with Gasteiger partial charge < -0.3 is 0 Å². The van der Waals surface area contributed by atoms with Crippen LogP contribution in [0.5, 0.6) is 0 Å². The van der Waals surface area contributed by atoms with Gasteiger partial charge >= 0.3 is 0 Å². The van der Waals surface area contributed by atoms with Crippen LogP contribution in [0.4, 0.5) is 0 Å². The van der Waals surface area contributed by atoms with Crippen molar-refractivity contribution in [3.05, 3.63) is 71.4 Å². The van der Waals surface area contributed by atoms with Crippen molar-refractivity contribution in [3.63, 3.8) is 0 Å². The maximum Gasteiger partial charge on any atom is 0.189 e. The van der Waals surface area contributed by atoms with Crippen molar-refractivity contribution in [2.24, 2.45) is 5.92 Å². The zero-order valence-electron chi connectivity index (χ0n) is 14.4. The summed E-state index contributed by atoms with van der Waals surface area (Å²) in [4.78, 5) is 12.1. The fourth-order valence-corrected chi connectivity index (χ4v) is 4.92. The van der Waals surface area contributed by atoms with Crippen LogP contribution in [0.3, 0.4) is 0 Å². The highest BCUT2D eigenvalue weighted by Gasteiger charge is 2.36. The largest absolute Gasteiger partial charge is 0.287 e. The van der Waals surface area contributed by atoms with E-state index in [-0.39, 0.29) is 10.4 Å². The summed E-state index contributed by atoms with van der Waals surface area (Å²) in [5, 5.41) is 5.99. The van der Waals surface area contributed by atoms with Gasteiger partial charge in [-0.05, 0) is 30.2 Å². The number of aromatic nitrogens is 2. The molecule has 0 bridgehead atoms. The van der Waals surface area contributed by atoms with Gasteiger partial charge in [-0.3, -0.25) is 4.79 Å². The van der Waals surface area contributed by atoms with Gasteiger partial charge in [0.05, 0.1) is 11.4 Å². The zero-order valence-corrected chi connectivity index (χ0v) is 16.0. The standard InChI is InChI=1S/C21H19ClN2OS/c1-2-14-12-19(25)26-21(14)18-13-24(17-6-4-3-5-7-17)23-20(18)15-8-10-16(22)11-9-15/h3-11,13-14,21H,2,12H2,1H3. The van der Waals surface area contributed by atoms with E-state index in [2.05, 4.69) is 13.1 Å². The lowest BCUT2D eigenvalue weighted by molar-refractivity contribution is -0.111. The van der Waals surface area contributed by atoms with E-state index in [4.69, 9.17) is 16.7 Å². The maximum atomic E-state index is 12.1. The van der Waals surface area contributed by atoms with Crippen LogP contribution in [-0.2, 0) is 4.79 Å². The second-order valence-corrected chi connectivity index (χ2v) is 8.14. The van der Waals surface area contributed by atoms with Crippen LogP contribution in [-0.4, -0.2) is 14.9 Å². The summed E-state index contributed by atoms with van der Waals surface area (Å²) in [5.74, 6) is 0.354. The van der Waals surface area contributed by atoms with Crippen molar-refractivity contribution in [1.29, 1.82) is 0 Å². The highest BCUT2D eigenvalue weighted by molar-refractivity contribution is 8.14. The Kier molecular flexibility index (Phi) is 4.88. The van der Waals surface area contributed by atoms with Gasteiger partial charge in [-0.25, -0.2) is 4.68 Å². The predicted octanol–water partition coefficient (Wildman–Crippen LogP) is 5.92. The maximum absolute atomic E-state index is 12.1. The van der Waals surface area contributed by atoms with Gasteiger partial charge in [0.25, 0.3) is 0 Å². The molecular formula is C21H19ClN2OS. The molecule has 0 spiro atoms. The molecule has 2 aromatic carbocycles. The molecule has 0 N–H and O–H groups in total. The molecule has 2 unspecified atom stereocenters. The lowest BCUT2D eigenvalue weighted by Crippen LogP contribution is -2.03. The minimum Gasteiger partial charge on any atom is -0.287 e. The van der Waals surface area contributed by atoms with Crippen molar-refractivity contribution < 1.29 is 4.79 Å². The summed E-state index contributed by atoms with van der Waals surface area (Å²) in [6.07, 6.45) is 3.71. The molecular weight excluding hydrogens is 364 g/mol. The van der Waals surface area contributed by atoms with Crippen LogP contribution in [0.2, 0.25) is 5.02 Å². The number of carbonyl (C=O) groups is 1. The van der Waals surface area contributed by atoms with E-state index < -0.39 is 0 Å². The van der Waals surface area contributed by atoms with Crippen LogP contribution in [0.15, 0.2) is 60.8 Å². The number of rotatable bonds is 4. The Morgan fingerprint density at radius 3 is 2.58 bits per heavy atom. The Labute approximate surface area is 162 Å². The summed E-state index contributed by atoms with van der Waals surface area (Å²) in [7, 11) is 0. The molecule has 0 radical (unpaired) electrons. The minimum absolute atomic E-state index is 0.149. The molecule has 1 aliphatic heterocycles. The number of carbonyl (C=O) groups excluding carboxylic acids is 1. The van der Waals surface area contributed by atoms with Crippen LogP contribution in [0.1, 0.15) is 30.6 Å². The number of nitrogens with zero attached hydrogens (tertiary/aromatic N) is 2. The first-order chi connectivity index (χ1) is 12.7. The number of hydrogen-bond acceptors (Lipinski definition) is 3. The summed E-state index contributed by atoms with van der Waals surface area (Å²) in [6, 6.07) is 17.8. The normalized spacial score (nSPS) is 19.8. The van der Waals surface area contributed by atoms with E-state index in [1.807, 2.05) is 59.3 Å². The van der Waals surface area contributed by atoms with E-state index in [1.54, 1.807) is 0 Å². The number of hydrogen-bond donors (Lipinski definition) is 0. The van der Waals surface area contributed by atoms with Gasteiger partial charge in [-0.15, -0.1) is 0 Å². The number of benzene rings is 2. The molecule has 1 saturated heterocycles. The second-order valence-electron chi connectivity index (χ2n) is 6.50. The third kappa shape index (κ3) is 3.31. The molecule has 5 heteroatoms. The second kappa shape index (κ2) is 7.29. The molecule has 3 nitrogen and oxygen atoms in total. The number of para-hydroxylation sites is 1. The monoisotopic (exact) mass is 382 g/mol. The van der Waals surface area contributed by atoms with Crippen molar-refractivity contribution >= 4 is 28.5 Å². The Morgan fingerprint density at radius 2 is 1.88 bits per heavy atom. The fourth-order valence-electron chi connectivity index (χ4n) is 3.42. The molecule has 4 rings (SSSR count). The van der Waals surface area contributed by atoms with Gasteiger partial charge in [0, 0.05) is 34.0 Å². The molecule has 0 saturated carbocycles. The van der Waals surface area contributed by atoms with Gasteiger partial charge in [0.2, 0.25) is 0 Å². The van der Waals surface area contributed by atoms with Crippen LogP contribution < -0.4 is 0 Å². The lowest BCUT2D eigenvalue weighted by atomic mass is 9.93. The highest BCUT2D eigenvalue weighted by atomic mass is 35.5. The molecule has 0 amide bonds. The average molecular weight is 383 g/mol. The van der Waals surface area contributed by atoms with Crippen molar-refractivity contribution in [2.45, 2.75) is 25.0 Å². The molecule has 2 heterocycles. The molecule has 1 fully saturated rings. The predicted molar refractivity (Wildman–Crippen MR) is 108 cm³/mol. The first-order valence-corrected chi connectivity index (χ1v) is 10.0. The molecule has 1 aromatic heterocycles. The summed E-state index contributed by atoms with van der Waals surface area (Å²) in [5.41, 5.74) is 4.08. The molecule has 132 valence electrons. The summed E-state index contributed by atoms with van der Waals surface area (Å²) in [6.45, 7) is 2.15. The smallest absolute Gasteiger partial charge is 0.189 e. The topological polar surface area (TPSA) is 34.9 Å². The number of halogens is 1. The number of thioether (sulfide) groups is 1.